The molecule has 0 aliphatic rings. The predicted octanol–water partition coefficient (Wildman–Crippen LogP) is 2.66. The lowest BCUT2D eigenvalue weighted by Crippen LogP contribution is -2.10. The number of thioether (sulfide) groups is 1. The molecule has 0 saturated carbocycles. The summed E-state index contributed by atoms with van der Waals surface area (Å²) in [6, 6.07) is 13.6. The molecule has 0 fully saturated rings. The minimum atomic E-state index is 0.105. The van der Waals surface area contributed by atoms with Crippen LogP contribution < -0.4 is 5.73 Å². The first-order valence-corrected chi connectivity index (χ1v) is 6.21. The standard InChI is InChI=1S/C13H13N3S/c14-13(15)11-6-4-10(5-7-11)9-17-12-3-1-2-8-16-12/h1-8H,9H2,(H3,14,15). The van der Waals surface area contributed by atoms with E-state index >= 15 is 0 Å². The second kappa shape index (κ2) is 5.50. The van der Waals surface area contributed by atoms with E-state index in [1.807, 2.05) is 42.5 Å². The van der Waals surface area contributed by atoms with Gasteiger partial charge in [0.2, 0.25) is 0 Å². The van der Waals surface area contributed by atoms with E-state index in [2.05, 4.69) is 4.98 Å². The largest absolute Gasteiger partial charge is 0.384 e. The van der Waals surface area contributed by atoms with Crippen molar-refractivity contribution in [2.75, 3.05) is 0 Å². The molecule has 0 radical (unpaired) electrons. The lowest BCUT2D eigenvalue weighted by atomic mass is 10.1. The van der Waals surface area contributed by atoms with Crippen molar-refractivity contribution in [3.05, 3.63) is 59.8 Å². The van der Waals surface area contributed by atoms with Gasteiger partial charge in [0.15, 0.2) is 0 Å². The second-order valence-electron chi connectivity index (χ2n) is 3.57. The smallest absolute Gasteiger partial charge is 0.122 e. The third kappa shape index (κ3) is 3.32. The number of benzene rings is 1. The van der Waals surface area contributed by atoms with Gasteiger partial charge in [-0.1, -0.05) is 30.3 Å². The summed E-state index contributed by atoms with van der Waals surface area (Å²) < 4.78 is 0. The molecule has 0 aliphatic carbocycles. The highest BCUT2D eigenvalue weighted by atomic mass is 32.2. The van der Waals surface area contributed by atoms with Crippen LogP contribution in [0.3, 0.4) is 0 Å². The van der Waals surface area contributed by atoms with E-state index in [9.17, 15) is 0 Å². The van der Waals surface area contributed by atoms with Crippen LogP contribution in [0.15, 0.2) is 53.7 Å². The highest BCUT2D eigenvalue weighted by molar-refractivity contribution is 7.98. The van der Waals surface area contributed by atoms with E-state index in [1.54, 1.807) is 18.0 Å². The van der Waals surface area contributed by atoms with Crippen LogP contribution in [-0.4, -0.2) is 10.8 Å². The van der Waals surface area contributed by atoms with Crippen LogP contribution in [-0.2, 0) is 5.75 Å². The lowest BCUT2D eigenvalue weighted by Gasteiger charge is -2.02. The number of pyridine rings is 1. The van der Waals surface area contributed by atoms with Gasteiger partial charge in [-0.25, -0.2) is 4.98 Å². The number of nitrogens with two attached hydrogens (primary N) is 1. The molecular weight excluding hydrogens is 230 g/mol. The van der Waals surface area contributed by atoms with Gasteiger partial charge in [-0.05, 0) is 17.7 Å². The molecule has 0 aliphatic heterocycles. The number of aromatic nitrogens is 1. The lowest BCUT2D eigenvalue weighted by molar-refractivity contribution is 1.13. The fourth-order valence-electron chi connectivity index (χ4n) is 1.37. The second-order valence-corrected chi connectivity index (χ2v) is 4.56. The van der Waals surface area contributed by atoms with Crippen LogP contribution in [0.2, 0.25) is 0 Å². The molecule has 1 aromatic heterocycles. The summed E-state index contributed by atoms with van der Waals surface area (Å²) in [4.78, 5) is 4.25. The summed E-state index contributed by atoms with van der Waals surface area (Å²) in [5, 5.41) is 8.32. The predicted molar refractivity (Wildman–Crippen MR) is 71.3 cm³/mol. The Morgan fingerprint density at radius 3 is 2.53 bits per heavy atom. The molecule has 0 bridgehead atoms. The van der Waals surface area contributed by atoms with Crippen LogP contribution in [0.25, 0.3) is 0 Å². The average molecular weight is 243 g/mol. The number of nitrogens with zero attached hydrogens (tertiary/aromatic N) is 1. The quantitative estimate of drug-likeness (QED) is 0.493. The van der Waals surface area contributed by atoms with E-state index in [1.165, 1.54) is 5.56 Å². The zero-order valence-corrected chi connectivity index (χ0v) is 10.1. The number of hydrogen-bond donors (Lipinski definition) is 2. The number of amidine groups is 1. The van der Waals surface area contributed by atoms with Crippen LogP contribution in [0.1, 0.15) is 11.1 Å². The minimum absolute atomic E-state index is 0.105. The summed E-state index contributed by atoms with van der Waals surface area (Å²) >= 11 is 1.69. The molecular formula is C13H13N3S. The van der Waals surface area contributed by atoms with Gasteiger partial charge in [0.05, 0.1) is 5.03 Å². The van der Waals surface area contributed by atoms with Gasteiger partial charge in [0, 0.05) is 17.5 Å². The molecule has 1 heterocycles. The highest BCUT2D eigenvalue weighted by Gasteiger charge is 1.99. The Balaban J connectivity index is 1.98. The monoisotopic (exact) mass is 243 g/mol. The van der Waals surface area contributed by atoms with Gasteiger partial charge in [-0.2, -0.15) is 0 Å². The Labute approximate surface area is 105 Å². The van der Waals surface area contributed by atoms with Crippen molar-refractivity contribution < 1.29 is 0 Å². The maximum Gasteiger partial charge on any atom is 0.122 e. The zero-order chi connectivity index (χ0) is 12.1. The maximum absolute atomic E-state index is 7.30. The fraction of sp³-hybridized carbons (Fsp3) is 0.0769. The first-order chi connectivity index (χ1) is 8.25. The Bertz CT molecular complexity index is 494. The first-order valence-electron chi connectivity index (χ1n) is 5.23. The van der Waals surface area contributed by atoms with Gasteiger partial charge in [-0.3, -0.25) is 5.41 Å². The SMILES string of the molecule is N=C(N)c1ccc(CSc2ccccn2)cc1. The van der Waals surface area contributed by atoms with Crippen molar-refractivity contribution in [3.8, 4) is 0 Å². The van der Waals surface area contributed by atoms with Crippen LogP contribution in [0.4, 0.5) is 0 Å². The topological polar surface area (TPSA) is 62.8 Å². The van der Waals surface area contributed by atoms with E-state index < -0.39 is 0 Å². The summed E-state index contributed by atoms with van der Waals surface area (Å²) in [7, 11) is 0. The van der Waals surface area contributed by atoms with E-state index in [-0.39, 0.29) is 5.84 Å². The zero-order valence-electron chi connectivity index (χ0n) is 9.26. The minimum Gasteiger partial charge on any atom is -0.384 e. The van der Waals surface area contributed by atoms with Gasteiger partial charge >= 0.3 is 0 Å². The normalized spacial score (nSPS) is 10.1. The number of rotatable bonds is 4. The van der Waals surface area contributed by atoms with Gasteiger partial charge < -0.3 is 5.73 Å². The van der Waals surface area contributed by atoms with E-state index in [0.29, 0.717) is 0 Å². The van der Waals surface area contributed by atoms with Crippen LogP contribution >= 0.6 is 11.8 Å². The summed E-state index contributed by atoms with van der Waals surface area (Å²) in [6.07, 6.45) is 1.79. The summed E-state index contributed by atoms with van der Waals surface area (Å²) in [6.45, 7) is 0. The Morgan fingerprint density at radius 2 is 1.94 bits per heavy atom. The third-order valence-corrected chi connectivity index (χ3v) is 3.30. The van der Waals surface area contributed by atoms with Gasteiger partial charge in [0.1, 0.15) is 5.84 Å². The first kappa shape index (κ1) is 11.7. The number of hydrogen-bond acceptors (Lipinski definition) is 3. The molecule has 4 heteroatoms. The van der Waals surface area contributed by atoms with Crippen molar-refractivity contribution in [3.63, 3.8) is 0 Å². The Kier molecular flexibility index (Phi) is 3.77. The van der Waals surface area contributed by atoms with Gasteiger partial charge in [0.25, 0.3) is 0 Å². The molecule has 86 valence electrons. The van der Waals surface area contributed by atoms with Crippen molar-refractivity contribution in [1.29, 1.82) is 5.41 Å². The molecule has 2 aromatic rings. The average Bonchev–Trinajstić information content (AvgIpc) is 2.38. The van der Waals surface area contributed by atoms with Crippen molar-refractivity contribution in [1.82, 2.24) is 4.98 Å². The Morgan fingerprint density at radius 1 is 1.18 bits per heavy atom. The summed E-state index contributed by atoms with van der Waals surface area (Å²) in [5.41, 5.74) is 7.36. The molecule has 2 rings (SSSR count). The maximum atomic E-state index is 7.30. The van der Waals surface area contributed by atoms with Crippen molar-refractivity contribution in [2.45, 2.75) is 10.8 Å². The van der Waals surface area contributed by atoms with Gasteiger partial charge in [-0.15, -0.1) is 11.8 Å². The summed E-state index contributed by atoms with van der Waals surface area (Å²) in [5.74, 6) is 0.976. The van der Waals surface area contributed by atoms with Crippen LogP contribution in [0.5, 0.6) is 0 Å². The molecule has 0 unspecified atom stereocenters. The fourth-order valence-corrected chi connectivity index (χ4v) is 2.19. The molecule has 17 heavy (non-hydrogen) atoms. The molecule has 1 aromatic carbocycles. The highest BCUT2D eigenvalue weighted by Crippen LogP contribution is 2.20. The number of nitrogens with one attached hydrogen (secondary N) is 1. The van der Waals surface area contributed by atoms with E-state index in [0.717, 1.165) is 16.3 Å². The molecule has 3 nitrogen and oxygen atoms in total. The van der Waals surface area contributed by atoms with Crippen molar-refractivity contribution >= 4 is 17.6 Å². The molecule has 0 atom stereocenters. The molecule has 0 amide bonds. The number of nitrogen functional groups attached to an aromatic ring is 1. The Hall–Kier alpha value is -1.81. The van der Waals surface area contributed by atoms with E-state index in [4.69, 9.17) is 11.1 Å². The molecule has 0 saturated heterocycles. The molecule has 0 spiro atoms. The third-order valence-electron chi connectivity index (χ3n) is 2.29. The van der Waals surface area contributed by atoms with Crippen molar-refractivity contribution in [2.24, 2.45) is 5.73 Å². The van der Waals surface area contributed by atoms with Crippen LogP contribution in [0, 0.1) is 5.41 Å². The molecule has 3 N–H and O–H groups in total.